The van der Waals surface area contributed by atoms with Crippen molar-refractivity contribution in [1.29, 1.82) is 0 Å². The van der Waals surface area contributed by atoms with E-state index in [2.05, 4.69) is 5.32 Å². The standard InChI is InChI=1S/C11H15NO2/c1-14-11-4-2-3-10(9-11)5-6-12-7-8-13/h2-4,8-9,12H,5-7H2,1H3. The number of rotatable bonds is 6. The summed E-state index contributed by atoms with van der Waals surface area (Å²) in [5.74, 6) is 0.873. The van der Waals surface area contributed by atoms with E-state index in [0.717, 1.165) is 25.0 Å². The molecule has 0 heterocycles. The summed E-state index contributed by atoms with van der Waals surface area (Å²) in [7, 11) is 1.66. The normalized spacial score (nSPS) is 9.79. The Balaban J connectivity index is 2.38. The summed E-state index contributed by atoms with van der Waals surface area (Å²) in [6, 6.07) is 7.93. The Kier molecular flexibility index (Phi) is 4.72. The van der Waals surface area contributed by atoms with Crippen molar-refractivity contribution in [1.82, 2.24) is 5.32 Å². The summed E-state index contributed by atoms with van der Waals surface area (Å²) < 4.78 is 5.11. The van der Waals surface area contributed by atoms with Gasteiger partial charge in [-0.15, -0.1) is 0 Å². The monoisotopic (exact) mass is 193 g/mol. The van der Waals surface area contributed by atoms with Crippen LogP contribution in [-0.2, 0) is 11.2 Å². The van der Waals surface area contributed by atoms with Crippen molar-refractivity contribution in [2.75, 3.05) is 20.2 Å². The SMILES string of the molecule is COc1cccc(CCNCC=O)c1. The number of benzene rings is 1. The molecule has 0 saturated carbocycles. The summed E-state index contributed by atoms with van der Waals surface area (Å²) in [5.41, 5.74) is 1.21. The smallest absolute Gasteiger partial charge is 0.133 e. The van der Waals surface area contributed by atoms with Crippen LogP contribution < -0.4 is 10.1 Å². The van der Waals surface area contributed by atoms with Crippen LogP contribution in [0, 0.1) is 0 Å². The van der Waals surface area contributed by atoms with E-state index in [9.17, 15) is 4.79 Å². The van der Waals surface area contributed by atoms with Gasteiger partial charge in [-0.25, -0.2) is 0 Å². The molecule has 1 aromatic rings. The second-order valence-electron chi connectivity index (χ2n) is 2.97. The van der Waals surface area contributed by atoms with Gasteiger partial charge in [0.1, 0.15) is 12.0 Å². The summed E-state index contributed by atoms with van der Waals surface area (Å²) in [6.07, 6.45) is 1.77. The molecule has 0 bridgehead atoms. The number of aldehydes is 1. The second-order valence-corrected chi connectivity index (χ2v) is 2.97. The largest absolute Gasteiger partial charge is 0.497 e. The predicted octanol–water partition coefficient (Wildman–Crippen LogP) is 1.03. The summed E-state index contributed by atoms with van der Waals surface area (Å²) in [4.78, 5) is 10.0. The number of methoxy groups -OCH3 is 1. The number of hydrogen-bond acceptors (Lipinski definition) is 3. The Labute approximate surface area is 84.1 Å². The molecule has 1 aromatic carbocycles. The van der Waals surface area contributed by atoms with Gasteiger partial charge in [0.05, 0.1) is 13.7 Å². The lowest BCUT2D eigenvalue weighted by molar-refractivity contribution is -0.107. The first-order valence-electron chi connectivity index (χ1n) is 4.64. The molecule has 0 amide bonds. The second kappa shape index (κ2) is 6.16. The van der Waals surface area contributed by atoms with Crippen LogP contribution in [-0.4, -0.2) is 26.5 Å². The Morgan fingerprint density at radius 2 is 2.36 bits per heavy atom. The van der Waals surface area contributed by atoms with Crippen molar-refractivity contribution >= 4 is 6.29 Å². The Morgan fingerprint density at radius 1 is 1.50 bits per heavy atom. The molecule has 0 aromatic heterocycles. The molecule has 0 atom stereocenters. The van der Waals surface area contributed by atoms with E-state index in [1.165, 1.54) is 5.56 Å². The number of hydrogen-bond donors (Lipinski definition) is 1. The molecule has 0 unspecified atom stereocenters. The molecule has 0 fully saturated rings. The Bertz CT molecular complexity index is 286. The minimum Gasteiger partial charge on any atom is -0.497 e. The molecule has 14 heavy (non-hydrogen) atoms. The van der Waals surface area contributed by atoms with Crippen LogP contribution in [0.2, 0.25) is 0 Å². The molecule has 0 spiro atoms. The minimum atomic E-state index is 0.421. The number of ether oxygens (including phenoxy) is 1. The molecule has 1 rings (SSSR count). The van der Waals surface area contributed by atoms with E-state index >= 15 is 0 Å². The molecule has 0 saturated heterocycles. The fourth-order valence-corrected chi connectivity index (χ4v) is 1.22. The maximum Gasteiger partial charge on any atom is 0.133 e. The van der Waals surface area contributed by atoms with E-state index in [-0.39, 0.29) is 0 Å². The van der Waals surface area contributed by atoms with Crippen LogP contribution >= 0.6 is 0 Å². The molecule has 0 aliphatic carbocycles. The summed E-state index contributed by atoms with van der Waals surface area (Å²) in [6.45, 7) is 1.23. The van der Waals surface area contributed by atoms with Crippen molar-refractivity contribution in [2.24, 2.45) is 0 Å². The molecule has 3 nitrogen and oxygen atoms in total. The lowest BCUT2D eigenvalue weighted by atomic mass is 10.1. The highest BCUT2D eigenvalue weighted by molar-refractivity contribution is 5.51. The maximum atomic E-state index is 10.0. The number of nitrogens with one attached hydrogen (secondary N) is 1. The third-order valence-electron chi connectivity index (χ3n) is 1.95. The third-order valence-corrected chi connectivity index (χ3v) is 1.95. The van der Waals surface area contributed by atoms with Gasteiger partial charge in [-0.1, -0.05) is 12.1 Å². The topological polar surface area (TPSA) is 38.3 Å². The quantitative estimate of drug-likeness (QED) is 0.541. The van der Waals surface area contributed by atoms with Crippen LogP contribution in [0.1, 0.15) is 5.56 Å². The predicted molar refractivity (Wildman–Crippen MR) is 55.6 cm³/mol. The van der Waals surface area contributed by atoms with Gasteiger partial charge >= 0.3 is 0 Å². The van der Waals surface area contributed by atoms with Crippen molar-refractivity contribution in [2.45, 2.75) is 6.42 Å². The zero-order valence-electron chi connectivity index (χ0n) is 8.32. The van der Waals surface area contributed by atoms with Crippen LogP contribution in [0.25, 0.3) is 0 Å². The van der Waals surface area contributed by atoms with Crippen molar-refractivity contribution < 1.29 is 9.53 Å². The Hall–Kier alpha value is -1.35. The fraction of sp³-hybridized carbons (Fsp3) is 0.364. The zero-order chi connectivity index (χ0) is 10.2. The van der Waals surface area contributed by atoms with Crippen molar-refractivity contribution in [3.05, 3.63) is 29.8 Å². The van der Waals surface area contributed by atoms with Crippen LogP contribution in [0.5, 0.6) is 5.75 Å². The Morgan fingerprint density at radius 3 is 3.07 bits per heavy atom. The molecule has 76 valence electrons. The number of carbonyl (C=O) groups is 1. The van der Waals surface area contributed by atoms with Gasteiger partial charge in [0.2, 0.25) is 0 Å². The summed E-state index contributed by atoms with van der Waals surface area (Å²) in [5, 5.41) is 3.01. The number of carbonyl (C=O) groups excluding carboxylic acids is 1. The molecule has 0 radical (unpaired) electrons. The highest BCUT2D eigenvalue weighted by atomic mass is 16.5. The molecule has 3 heteroatoms. The lowest BCUT2D eigenvalue weighted by Gasteiger charge is -2.04. The highest BCUT2D eigenvalue weighted by Crippen LogP contribution is 2.12. The minimum absolute atomic E-state index is 0.421. The zero-order valence-corrected chi connectivity index (χ0v) is 8.32. The van der Waals surface area contributed by atoms with Gasteiger partial charge in [0.25, 0.3) is 0 Å². The van der Waals surface area contributed by atoms with Gasteiger partial charge in [0, 0.05) is 0 Å². The fourth-order valence-electron chi connectivity index (χ4n) is 1.22. The van der Waals surface area contributed by atoms with Crippen LogP contribution in [0.3, 0.4) is 0 Å². The molecular weight excluding hydrogens is 178 g/mol. The molecule has 1 N–H and O–H groups in total. The van der Waals surface area contributed by atoms with Gasteiger partial charge < -0.3 is 14.8 Å². The van der Waals surface area contributed by atoms with E-state index < -0.39 is 0 Å². The molecule has 0 aliphatic heterocycles. The van der Waals surface area contributed by atoms with Gasteiger partial charge in [-0.05, 0) is 30.7 Å². The molecule has 0 aliphatic rings. The van der Waals surface area contributed by atoms with E-state index in [0.29, 0.717) is 6.54 Å². The van der Waals surface area contributed by atoms with E-state index in [1.807, 2.05) is 24.3 Å². The first-order chi connectivity index (χ1) is 6.86. The van der Waals surface area contributed by atoms with Crippen molar-refractivity contribution in [3.8, 4) is 5.75 Å². The van der Waals surface area contributed by atoms with Gasteiger partial charge in [-0.3, -0.25) is 0 Å². The first kappa shape index (κ1) is 10.7. The van der Waals surface area contributed by atoms with Gasteiger partial charge in [-0.2, -0.15) is 0 Å². The summed E-state index contributed by atoms with van der Waals surface area (Å²) >= 11 is 0. The maximum absolute atomic E-state index is 10.0. The van der Waals surface area contributed by atoms with Crippen LogP contribution in [0.4, 0.5) is 0 Å². The molecular formula is C11H15NO2. The first-order valence-corrected chi connectivity index (χ1v) is 4.64. The third kappa shape index (κ3) is 3.58. The lowest BCUT2D eigenvalue weighted by Crippen LogP contribution is -2.19. The highest BCUT2D eigenvalue weighted by Gasteiger charge is 1.95. The van der Waals surface area contributed by atoms with Crippen molar-refractivity contribution in [3.63, 3.8) is 0 Å². The van der Waals surface area contributed by atoms with E-state index in [1.54, 1.807) is 7.11 Å². The van der Waals surface area contributed by atoms with Gasteiger partial charge in [0.15, 0.2) is 0 Å². The average Bonchev–Trinajstić information content (AvgIpc) is 2.25. The van der Waals surface area contributed by atoms with E-state index in [4.69, 9.17) is 4.74 Å². The average molecular weight is 193 g/mol. The van der Waals surface area contributed by atoms with Crippen LogP contribution in [0.15, 0.2) is 24.3 Å².